The molecule has 0 aromatic carbocycles. The van der Waals surface area contributed by atoms with Gasteiger partial charge in [0.25, 0.3) is 0 Å². The van der Waals surface area contributed by atoms with Gasteiger partial charge in [-0.05, 0) is 19.4 Å². The lowest BCUT2D eigenvalue weighted by Gasteiger charge is -1.94. The molecule has 1 rings (SSSR count). The molecule has 0 saturated carbocycles. The Morgan fingerprint density at radius 3 is 2.47 bits per heavy atom. The number of nitrogens with one attached hydrogen (secondary N) is 1. The van der Waals surface area contributed by atoms with E-state index in [1.807, 2.05) is 40.8 Å². The summed E-state index contributed by atoms with van der Waals surface area (Å²) in [5.74, 6) is 0. The van der Waals surface area contributed by atoms with Crippen LogP contribution in [0.5, 0.6) is 0 Å². The summed E-state index contributed by atoms with van der Waals surface area (Å²) in [7, 11) is 1.88. The lowest BCUT2D eigenvalue weighted by Crippen LogP contribution is -1.87. The molecule has 1 N–H and O–H groups in total. The van der Waals surface area contributed by atoms with Gasteiger partial charge in [-0.3, -0.25) is 0 Å². The highest BCUT2D eigenvalue weighted by molar-refractivity contribution is 7.13. The maximum absolute atomic E-state index is 4.41. The van der Waals surface area contributed by atoms with Gasteiger partial charge in [-0.15, -0.1) is 11.3 Å². The van der Waals surface area contributed by atoms with Gasteiger partial charge in [0.1, 0.15) is 0 Å². The standard InChI is InChI=1S/C10H14N2S.C2H6/c1-4-6-8(5-2)9-7-13-10(11-3)12-9;1-2/h4-7H,1-3H3,(H,11,12);1-2H3/b6-4-,8-5+;. The third-order valence-electron chi connectivity index (χ3n) is 1.67. The molecule has 0 saturated heterocycles. The molecule has 0 unspecified atom stereocenters. The number of anilines is 1. The molecule has 84 valence electrons. The molecule has 0 radical (unpaired) electrons. The Kier molecular flexibility index (Phi) is 7.64. The van der Waals surface area contributed by atoms with E-state index in [1.165, 1.54) is 5.57 Å². The van der Waals surface area contributed by atoms with Crippen LogP contribution in [0.15, 0.2) is 23.6 Å². The minimum atomic E-state index is 0.957. The van der Waals surface area contributed by atoms with Crippen LogP contribution >= 0.6 is 11.3 Å². The maximum atomic E-state index is 4.41. The minimum absolute atomic E-state index is 0.957. The SMILES string of the molecule is C/C=C\C(=C/C)c1csc(NC)n1.CC. The van der Waals surface area contributed by atoms with E-state index in [2.05, 4.69) is 27.8 Å². The van der Waals surface area contributed by atoms with Crippen LogP contribution in [0.3, 0.4) is 0 Å². The van der Waals surface area contributed by atoms with Crippen molar-refractivity contribution in [3.8, 4) is 0 Å². The molecule has 0 amide bonds. The van der Waals surface area contributed by atoms with Crippen molar-refractivity contribution in [3.05, 3.63) is 29.3 Å². The highest BCUT2D eigenvalue weighted by Crippen LogP contribution is 2.21. The Bertz CT molecular complexity index is 324. The largest absolute Gasteiger partial charge is 0.365 e. The van der Waals surface area contributed by atoms with Gasteiger partial charge in [0.05, 0.1) is 5.69 Å². The molecule has 2 nitrogen and oxygen atoms in total. The lowest BCUT2D eigenvalue weighted by atomic mass is 10.2. The van der Waals surface area contributed by atoms with Crippen molar-refractivity contribution in [2.45, 2.75) is 27.7 Å². The fourth-order valence-corrected chi connectivity index (χ4v) is 1.71. The zero-order chi connectivity index (χ0) is 11.7. The van der Waals surface area contributed by atoms with E-state index in [9.17, 15) is 0 Å². The van der Waals surface area contributed by atoms with Crippen molar-refractivity contribution >= 4 is 22.0 Å². The Morgan fingerprint density at radius 1 is 1.40 bits per heavy atom. The summed E-state index contributed by atoms with van der Waals surface area (Å²) < 4.78 is 0. The first-order chi connectivity index (χ1) is 7.31. The van der Waals surface area contributed by atoms with Gasteiger partial charge in [-0.25, -0.2) is 4.98 Å². The van der Waals surface area contributed by atoms with E-state index in [-0.39, 0.29) is 0 Å². The molecule has 0 fully saturated rings. The monoisotopic (exact) mass is 224 g/mol. The molecule has 1 aromatic heterocycles. The third kappa shape index (κ3) is 4.30. The highest BCUT2D eigenvalue weighted by atomic mass is 32.1. The summed E-state index contributed by atoms with van der Waals surface area (Å²) in [5, 5.41) is 6.04. The van der Waals surface area contributed by atoms with Crippen molar-refractivity contribution in [2.75, 3.05) is 12.4 Å². The van der Waals surface area contributed by atoms with Crippen LogP contribution in [0.1, 0.15) is 33.4 Å². The van der Waals surface area contributed by atoms with Crippen LogP contribution in [-0.4, -0.2) is 12.0 Å². The Balaban J connectivity index is 0.000000921. The molecule has 0 aliphatic carbocycles. The van der Waals surface area contributed by atoms with Gasteiger partial charge < -0.3 is 5.32 Å². The first kappa shape index (κ1) is 13.9. The van der Waals surface area contributed by atoms with E-state index in [1.54, 1.807) is 11.3 Å². The lowest BCUT2D eigenvalue weighted by molar-refractivity contribution is 1.32. The van der Waals surface area contributed by atoms with Gasteiger partial charge in [0.15, 0.2) is 5.13 Å². The molecule has 0 atom stereocenters. The fraction of sp³-hybridized carbons (Fsp3) is 0.417. The number of hydrogen-bond donors (Lipinski definition) is 1. The second-order valence-corrected chi connectivity index (χ2v) is 3.39. The molecular weight excluding hydrogens is 204 g/mol. The van der Waals surface area contributed by atoms with Crippen molar-refractivity contribution in [2.24, 2.45) is 0 Å². The summed E-state index contributed by atoms with van der Waals surface area (Å²) in [6, 6.07) is 0. The number of hydrogen-bond acceptors (Lipinski definition) is 3. The van der Waals surface area contributed by atoms with Gasteiger partial charge in [0, 0.05) is 12.4 Å². The van der Waals surface area contributed by atoms with Crippen molar-refractivity contribution < 1.29 is 0 Å². The van der Waals surface area contributed by atoms with Crippen LogP contribution < -0.4 is 5.32 Å². The summed E-state index contributed by atoms with van der Waals surface area (Å²) >= 11 is 1.62. The summed E-state index contributed by atoms with van der Waals surface area (Å²) in [6.45, 7) is 8.03. The second kappa shape index (κ2) is 8.24. The van der Waals surface area contributed by atoms with Crippen LogP contribution in [0.2, 0.25) is 0 Å². The molecule has 3 heteroatoms. The Morgan fingerprint density at radius 2 is 2.07 bits per heavy atom. The summed E-state index contributed by atoms with van der Waals surface area (Å²) in [5.41, 5.74) is 2.20. The van der Waals surface area contributed by atoms with Crippen molar-refractivity contribution in [1.82, 2.24) is 4.98 Å². The number of aromatic nitrogens is 1. The van der Waals surface area contributed by atoms with Crippen LogP contribution in [0, 0.1) is 0 Å². The normalized spacial score (nSPS) is 11.1. The van der Waals surface area contributed by atoms with E-state index >= 15 is 0 Å². The molecule has 15 heavy (non-hydrogen) atoms. The quantitative estimate of drug-likeness (QED) is 0.779. The van der Waals surface area contributed by atoms with Gasteiger partial charge >= 0.3 is 0 Å². The van der Waals surface area contributed by atoms with Crippen molar-refractivity contribution in [3.63, 3.8) is 0 Å². The zero-order valence-electron chi connectivity index (χ0n) is 10.2. The first-order valence-electron chi connectivity index (χ1n) is 5.24. The first-order valence-corrected chi connectivity index (χ1v) is 6.12. The Hall–Kier alpha value is -1.09. The maximum Gasteiger partial charge on any atom is 0.182 e. The average Bonchev–Trinajstić information content (AvgIpc) is 2.77. The molecule has 0 bridgehead atoms. The molecule has 1 aromatic rings. The highest BCUT2D eigenvalue weighted by Gasteiger charge is 2.01. The summed E-state index contributed by atoms with van der Waals surface area (Å²) in [4.78, 5) is 4.41. The van der Waals surface area contributed by atoms with E-state index in [0.717, 1.165) is 10.8 Å². The Labute approximate surface area is 96.8 Å². The number of nitrogens with zero attached hydrogens (tertiary/aromatic N) is 1. The van der Waals surface area contributed by atoms with Crippen LogP contribution in [-0.2, 0) is 0 Å². The minimum Gasteiger partial charge on any atom is -0.365 e. The van der Waals surface area contributed by atoms with E-state index in [0.29, 0.717) is 0 Å². The number of rotatable bonds is 3. The van der Waals surface area contributed by atoms with E-state index in [4.69, 9.17) is 0 Å². The predicted molar refractivity (Wildman–Crippen MR) is 71.5 cm³/mol. The predicted octanol–water partition coefficient (Wildman–Crippen LogP) is 4.19. The van der Waals surface area contributed by atoms with Gasteiger partial charge in [-0.1, -0.05) is 32.1 Å². The van der Waals surface area contributed by atoms with E-state index < -0.39 is 0 Å². The van der Waals surface area contributed by atoms with Gasteiger partial charge in [-0.2, -0.15) is 0 Å². The summed E-state index contributed by atoms with van der Waals surface area (Å²) in [6.07, 6.45) is 6.15. The van der Waals surface area contributed by atoms with Gasteiger partial charge in [0.2, 0.25) is 0 Å². The average molecular weight is 224 g/mol. The molecular formula is C12H20N2S. The topological polar surface area (TPSA) is 24.9 Å². The smallest absolute Gasteiger partial charge is 0.182 e. The zero-order valence-corrected chi connectivity index (χ0v) is 11.0. The van der Waals surface area contributed by atoms with Crippen molar-refractivity contribution in [1.29, 1.82) is 0 Å². The fourth-order valence-electron chi connectivity index (χ4n) is 1.03. The number of thiazole rings is 1. The second-order valence-electron chi connectivity index (χ2n) is 2.53. The molecule has 0 aliphatic heterocycles. The number of allylic oxidation sites excluding steroid dienone is 4. The van der Waals surface area contributed by atoms with Crippen LogP contribution in [0.4, 0.5) is 5.13 Å². The molecule has 0 aliphatic rings. The third-order valence-corrected chi connectivity index (χ3v) is 2.53. The molecule has 1 heterocycles. The van der Waals surface area contributed by atoms with Crippen LogP contribution in [0.25, 0.3) is 5.57 Å². The molecule has 0 spiro atoms.